The van der Waals surface area contributed by atoms with Crippen molar-refractivity contribution in [2.75, 3.05) is 26.7 Å². The Morgan fingerprint density at radius 3 is 2.60 bits per heavy atom. The van der Waals surface area contributed by atoms with Crippen LogP contribution in [0, 0.1) is 5.82 Å². The van der Waals surface area contributed by atoms with Gasteiger partial charge in [-0.1, -0.05) is 6.07 Å². The topological polar surface area (TPSA) is 61.8 Å². The van der Waals surface area contributed by atoms with Gasteiger partial charge in [0.1, 0.15) is 17.7 Å². The molecule has 8 heteroatoms. The molecule has 6 nitrogen and oxygen atoms in total. The fraction of sp³-hybridized carbons (Fsp3) is 0.455. The van der Waals surface area contributed by atoms with Gasteiger partial charge < -0.3 is 15.4 Å². The van der Waals surface area contributed by atoms with E-state index in [1.165, 1.54) is 12.1 Å². The molecule has 0 radical (unpaired) electrons. The van der Waals surface area contributed by atoms with Crippen LogP contribution in [0.1, 0.15) is 25.5 Å². The van der Waals surface area contributed by atoms with E-state index < -0.39 is 0 Å². The largest absolute Gasteiger partial charge is 0.489 e. The summed E-state index contributed by atoms with van der Waals surface area (Å²) in [6.07, 6.45) is 3.91. The zero-order valence-electron chi connectivity index (χ0n) is 17.6. The number of hydrogen-bond acceptors (Lipinski definition) is 4. The molecular formula is C22H31FIN5O. The Labute approximate surface area is 195 Å². The number of guanidine groups is 1. The molecule has 3 rings (SSSR count). The Morgan fingerprint density at radius 2 is 1.97 bits per heavy atom. The Kier molecular flexibility index (Phi) is 10.3. The molecule has 2 N–H and O–H groups in total. The highest BCUT2D eigenvalue weighted by molar-refractivity contribution is 14.0. The molecule has 0 aliphatic carbocycles. The second kappa shape index (κ2) is 12.7. The minimum atomic E-state index is -0.265. The number of piperidine rings is 1. The van der Waals surface area contributed by atoms with Crippen LogP contribution in [-0.4, -0.2) is 54.7 Å². The summed E-state index contributed by atoms with van der Waals surface area (Å²) in [4.78, 5) is 11.2. The third-order valence-corrected chi connectivity index (χ3v) is 4.97. The molecule has 1 unspecified atom stereocenters. The molecule has 0 amide bonds. The average molecular weight is 527 g/mol. The smallest absolute Gasteiger partial charge is 0.191 e. The number of halogens is 2. The number of aliphatic imine (C=N–C) groups is 1. The van der Waals surface area contributed by atoms with Crippen molar-refractivity contribution in [2.24, 2.45) is 4.99 Å². The molecule has 1 aliphatic rings. The SMILES string of the molecule is CN=C(NCC(C)Oc1ccc(F)cc1)NC1CCN(Cc2ccccn2)CC1.I. The standard InChI is InChI=1S/C22H30FN5O.HI/c1-17(29-21-8-6-18(23)7-9-21)15-26-22(24-2)27-19-10-13-28(14-11-19)16-20-5-3-4-12-25-20;/h3-9,12,17,19H,10-11,13-16H2,1-2H3,(H2,24,26,27);1H. The van der Waals surface area contributed by atoms with E-state index >= 15 is 0 Å². The summed E-state index contributed by atoms with van der Waals surface area (Å²) in [5, 5.41) is 6.82. The van der Waals surface area contributed by atoms with Crippen LogP contribution >= 0.6 is 24.0 Å². The van der Waals surface area contributed by atoms with Gasteiger partial charge in [0.05, 0.1) is 12.2 Å². The number of pyridine rings is 1. The zero-order chi connectivity index (χ0) is 20.5. The number of aromatic nitrogens is 1. The fourth-order valence-corrected chi connectivity index (χ4v) is 3.37. The zero-order valence-corrected chi connectivity index (χ0v) is 19.9. The van der Waals surface area contributed by atoms with Crippen molar-refractivity contribution >= 4 is 29.9 Å². The van der Waals surface area contributed by atoms with Crippen LogP contribution in [0.3, 0.4) is 0 Å². The van der Waals surface area contributed by atoms with Gasteiger partial charge in [-0.25, -0.2) is 4.39 Å². The first-order valence-corrected chi connectivity index (χ1v) is 10.1. The van der Waals surface area contributed by atoms with Crippen LogP contribution in [0.15, 0.2) is 53.7 Å². The van der Waals surface area contributed by atoms with Crippen molar-refractivity contribution in [3.8, 4) is 5.75 Å². The van der Waals surface area contributed by atoms with Crippen molar-refractivity contribution in [3.05, 3.63) is 60.2 Å². The van der Waals surface area contributed by atoms with Crippen LogP contribution in [0.4, 0.5) is 4.39 Å². The molecule has 1 atom stereocenters. The van der Waals surface area contributed by atoms with E-state index in [-0.39, 0.29) is 35.9 Å². The quantitative estimate of drug-likeness (QED) is 0.328. The van der Waals surface area contributed by atoms with E-state index in [1.54, 1.807) is 19.2 Å². The summed E-state index contributed by atoms with van der Waals surface area (Å²) in [7, 11) is 1.77. The molecule has 1 fully saturated rings. The minimum Gasteiger partial charge on any atom is -0.489 e. The van der Waals surface area contributed by atoms with E-state index in [1.807, 2.05) is 25.3 Å². The number of rotatable bonds is 7. The van der Waals surface area contributed by atoms with Crippen LogP contribution in [0.2, 0.25) is 0 Å². The number of hydrogen-bond donors (Lipinski definition) is 2. The monoisotopic (exact) mass is 527 g/mol. The number of nitrogens with zero attached hydrogens (tertiary/aromatic N) is 3. The molecule has 1 saturated heterocycles. The maximum absolute atomic E-state index is 13.0. The molecular weight excluding hydrogens is 496 g/mol. The van der Waals surface area contributed by atoms with Gasteiger partial charge in [0, 0.05) is 38.9 Å². The second-order valence-corrected chi connectivity index (χ2v) is 7.35. The van der Waals surface area contributed by atoms with Gasteiger partial charge in [0.25, 0.3) is 0 Å². The fourth-order valence-electron chi connectivity index (χ4n) is 3.37. The van der Waals surface area contributed by atoms with Gasteiger partial charge in [0.2, 0.25) is 0 Å². The molecule has 1 aromatic heterocycles. The minimum absolute atomic E-state index is 0. The highest BCUT2D eigenvalue weighted by Crippen LogP contribution is 2.14. The molecule has 2 heterocycles. The summed E-state index contributed by atoms with van der Waals surface area (Å²) in [6.45, 7) is 5.55. The summed E-state index contributed by atoms with van der Waals surface area (Å²) >= 11 is 0. The van der Waals surface area contributed by atoms with Crippen molar-refractivity contribution in [1.29, 1.82) is 0 Å². The maximum Gasteiger partial charge on any atom is 0.191 e. The second-order valence-electron chi connectivity index (χ2n) is 7.35. The maximum atomic E-state index is 13.0. The summed E-state index contributed by atoms with van der Waals surface area (Å²) < 4.78 is 18.8. The predicted molar refractivity (Wildman–Crippen MR) is 129 cm³/mol. The first-order valence-electron chi connectivity index (χ1n) is 10.1. The Balaban J connectivity index is 0.00000320. The van der Waals surface area contributed by atoms with Gasteiger partial charge in [0.15, 0.2) is 5.96 Å². The van der Waals surface area contributed by atoms with Gasteiger partial charge >= 0.3 is 0 Å². The Hall–Kier alpha value is -1.94. The first-order chi connectivity index (χ1) is 14.1. The molecule has 1 aliphatic heterocycles. The molecule has 2 aromatic rings. The summed E-state index contributed by atoms with van der Waals surface area (Å²) in [5.74, 6) is 1.17. The molecule has 0 spiro atoms. The number of ether oxygens (including phenoxy) is 1. The van der Waals surface area contributed by atoms with Crippen molar-refractivity contribution in [1.82, 2.24) is 20.5 Å². The average Bonchev–Trinajstić information content (AvgIpc) is 2.75. The van der Waals surface area contributed by atoms with Crippen LogP contribution in [-0.2, 0) is 6.54 Å². The summed E-state index contributed by atoms with van der Waals surface area (Å²) in [6, 6.07) is 12.5. The van der Waals surface area contributed by atoms with Gasteiger partial charge in [-0.15, -0.1) is 24.0 Å². The van der Waals surface area contributed by atoms with E-state index in [2.05, 4.69) is 31.6 Å². The highest BCUT2D eigenvalue weighted by atomic mass is 127. The third-order valence-electron chi connectivity index (χ3n) is 4.97. The Morgan fingerprint density at radius 1 is 1.23 bits per heavy atom. The Bertz CT molecular complexity index is 767. The lowest BCUT2D eigenvalue weighted by molar-refractivity contribution is 0.195. The first kappa shape index (κ1) is 24.3. The third kappa shape index (κ3) is 8.06. The van der Waals surface area contributed by atoms with E-state index in [4.69, 9.17) is 4.74 Å². The normalized spacial score (nSPS) is 16.4. The molecule has 0 bridgehead atoms. The van der Waals surface area contributed by atoms with Crippen molar-refractivity contribution in [3.63, 3.8) is 0 Å². The molecule has 164 valence electrons. The predicted octanol–water partition coefficient (Wildman–Crippen LogP) is 3.44. The van der Waals surface area contributed by atoms with E-state index in [9.17, 15) is 4.39 Å². The van der Waals surface area contributed by atoms with Gasteiger partial charge in [-0.3, -0.25) is 14.9 Å². The van der Waals surface area contributed by atoms with Crippen molar-refractivity contribution in [2.45, 2.75) is 38.5 Å². The lowest BCUT2D eigenvalue weighted by Gasteiger charge is -2.33. The molecule has 30 heavy (non-hydrogen) atoms. The highest BCUT2D eigenvalue weighted by Gasteiger charge is 2.20. The molecule has 0 saturated carbocycles. The van der Waals surface area contributed by atoms with Crippen LogP contribution in [0.5, 0.6) is 5.75 Å². The number of benzene rings is 1. The van der Waals surface area contributed by atoms with Crippen LogP contribution < -0.4 is 15.4 Å². The van der Waals surface area contributed by atoms with Crippen molar-refractivity contribution < 1.29 is 9.13 Å². The number of likely N-dealkylation sites (tertiary alicyclic amines) is 1. The van der Waals surface area contributed by atoms with E-state index in [0.717, 1.165) is 44.1 Å². The van der Waals surface area contributed by atoms with Gasteiger partial charge in [-0.05, 0) is 56.2 Å². The van der Waals surface area contributed by atoms with Crippen LogP contribution in [0.25, 0.3) is 0 Å². The van der Waals surface area contributed by atoms with Gasteiger partial charge in [-0.2, -0.15) is 0 Å². The number of nitrogens with one attached hydrogen (secondary N) is 2. The summed E-state index contributed by atoms with van der Waals surface area (Å²) in [5.41, 5.74) is 1.12. The lowest BCUT2D eigenvalue weighted by atomic mass is 10.0. The molecule has 1 aromatic carbocycles. The lowest BCUT2D eigenvalue weighted by Crippen LogP contribution is -2.49. The van der Waals surface area contributed by atoms with E-state index in [0.29, 0.717) is 18.3 Å².